The average Bonchev–Trinajstić information content (AvgIpc) is 2.71. The zero-order valence-electron chi connectivity index (χ0n) is 7.15. The topological polar surface area (TPSA) is 12.9 Å². The molecule has 2 aromatic rings. The molecule has 1 aromatic carbocycles. The van der Waals surface area contributed by atoms with Crippen LogP contribution in [0.3, 0.4) is 0 Å². The van der Waals surface area contributed by atoms with Crippen LogP contribution in [-0.2, 0) is 0 Å². The van der Waals surface area contributed by atoms with Crippen molar-refractivity contribution in [3.05, 3.63) is 51.4 Å². The molecule has 0 saturated carbocycles. The van der Waals surface area contributed by atoms with Gasteiger partial charge in [-0.25, -0.2) is 4.98 Å². The van der Waals surface area contributed by atoms with Gasteiger partial charge in [0.25, 0.3) is 0 Å². The Morgan fingerprint density at radius 1 is 1.29 bits per heavy atom. The minimum Gasteiger partial charge on any atom is -0.248 e. The smallest absolute Gasteiger partial charge is 0.111 e. The van der Waals surface area contributed by atoms with Crippen LogP contribution in [0.15, 0.2) is 35.8 Å². The fourth-order valence-electron chi connectivity index (χ4n) is 1.13. The highest BCUT2D eigenvalue weighted by molar-refractivity contribution is 9.09. The molecule has 72 valence electrons. The molecule has 0 amide bonds. The summed E-state index contributed by atoms with van der Waals surface area (Å²) < 4.78 is 0. The summed E-state index contributed by atoms with van der Waals surface area (Å²) in [6.45, 7) is 0. The van der Waals surface area contributed by atoms with Crippen molar-refractivity contribution in [3.8, 4) is 0 Å². The quantitative estimate of drug-likeness (QED) is 0.752. The van der Waals surface area contributed by atoms with Crippen LogP contribution in [0, 0.1) is 0 Å². The summed E-state index contributed by atoms with van der Waals surface area (Å²) in [5.41, 5.74) is 1.17. The zero-order chi connectivity index (χ0) is 9.97. The van der Waals surface area contributed by atoms with Crippen molar-refractivity contribution >= 4 is 38.9 Å². The lowest BCUT2D eigenvalue weighted by molar-refractivity contribution is 1.13. The van der Waals surface area contributed by atoms with Crippen LogP contribution >= 0.6 is 38.9 Å². The minimum atomic E-state index is 0.166. The molecular formula is C10H7BrClNS. The standard InChI is InChI=1S/C10H7BrClNS/c11-9(10-13-5-6-14-10)7-1-3-8(12)4-2-7/h1-6,9H. The lowest BCUT2D eigenvalue weighted by atomic mass is 10.2. The monoisotopic (exact) mass is 287 g/mol. The largest absolute Gasteiger partial charge is 0.248 e. The van der Waals surface area contributed by atoms with Crippen molar-refractivity contribution in [1.29, 1.82) is 0 Å². The van der Waals surface area contributed by atoms with E-state index in [0.717, 1.165) is 10.0 Å². The molecule has 0 aliphatic carbocycles. The van der Waals surface area contributed by atoms with Crippen LogP contribution in [0.4, 0.5) is 0 Å². The van der Waals surface area contributed by atoms with Crippen LogP contribution in [0.25, 0.3) is 0 Å². The molecule has 4 heteroatoms. The molecule has 0 N–H and O–H groups in total. The number of thiazole rings is 1. The van der Waals surface area contributed by atoms with Gasteiger partial charge in [-0.1, -0.05) is 39.7 Å². The minimum absolute atomic E-state index is 0.166. The Hall–Kier alpha value is -0.380. The normalized spacial score (nSPS) is 12.7. The Balaban J connectivity index is 2.28. The Labute approximate surface area is 99.9 Å². The maximum absolute atomic E-state index is 5.81. The van der Waals surface area contributed by atoms with E-state index in [9.17, 15) is 0 Å². The van der Waals surface area contributed by atoms with E-state index < -0.39 is 0 Å². The van der Waals surface area contributed by atoms with E-state index in [1.807, 2.05) is 35.8 Å². The van der Waals surface area contributed by atoms with Crippen LogP contribution in [0.2, 0.25) is 5.02 Å². The summed E-state index contributed by atoms with van der Waals surface area (Å²) in [5.74, 6) is 0. The van der Waals surface area contributed by atoms with Gasteiger partial charge in [-0.3, -0.25) is 0 Å². The number of halogens is 2. The van der Waals surface area contributed by atoms with Crippen molar-refractivity contribution in [3.63, 3.8) is 0 Å². The first-order chi connectivity index (χ1) is 6.77. The summed E-state index contributed by atoms with van der Waals surface area (Å²) in [5, 5.41) is 3.79. The van der Waals surface area contributed by atoms with E-state index in [1.54, 1.807) is 11.3 Å². The van der Waals surface area contributed by atoms with Crippen molar-refractivity contribution < 1.29 is 0 Å². The lowest BCUT2D eigenvalue weighted by Gasteiger charge is -2.06. The summed E-state index contributed by atoms with van der Waals surface area (Å²) in [4.78, 5) is 4.42. The average molecular weight is 289 g/mol. The highest BCUT2D eigenvalue weighted by atomic mass is 79.9. The number of hydrogen-bond donors (Lipinski definition) is 0. The highest BCUT2D eigenvalue weighted by Crippen LogP contribution is 2.32. The number of aromatic nitrogens is 1. The molecule has 0 aliphatic heterocycles. The number of rotatable bonds is 2. The Morgan fingerprint density at radius 2 is 2.00 bits per heavy atom. The van der Waals surface area contributed by atoms with E-state index in [-0.39, 0.29) is 4.83 Å². The van der Waals surface area contributed by atoms with Crippen molar-refractivity contribution in [2.75, 3.05) is 0 Å². The summed E-state index contributed by atoms with van der Waals surface area (Å²) in [6, 6.07) is 7.78. The van der Waals surface area contributed by atoms with Crippen LogP contribution < -0.4 is 0 Å². The van der Waals surface area contributed by atoms with Crippen LogP contribution in [0.1, 0.15) is 15.4 Å². The maximum Gasteiger partial charge on any atom is 0.111 e. The van der Waals surface area contributed by atoms with E-state index in [0.29, 0.717) is 0 Å². The third-order valence-corrected chi connectivity index (χ3v) is 4.19. The maximum atomic E-state index is 5.81. The molecule has 1 heterocycles. The van der Waals surface area contributed by atoms with E-state index in [2.05, 4.69) is 20.9 Å². The first-order valence-electron chi connectivity index (χ1n) is 4.06. The van der Waals surface area contributed by atoms with Gasteiger partial charge >= 0.3 is 0 Å². The van der Waals surface area contributed by atoms with Gasteiger partial charge in [0, 0.05) is 16.6 Å². The number of alkyl halides is 1. The molecule has 1 nitrogen and oxygen atoms in total. The first-order valence-corrected chi connectivity index (χ1v) is 6.23. The molecule has 0 fully saturated rings. The molecule has 0 spiro atoms. The fraction of sp³-hybridized carbons (Fsp3) is 0.100. The predicted molar refractivity (Wildman–Crippen MR) is 64.3 cm³/mol. The fourth-order valence-corrected chi connectivity index (χ4v) is 2.65. The van der Waals surface area contributed by atoms with Crippen LogP contribution in [-0.4, -0.2) is 4.98 Å². The van der Waals surface area contributed by atoms with Crippen molar-refractivity contribution in [1.82, 2.24) is 4.98 Å². The third-order valence-electron chi connectivity index (χ3n) is 1.83. The molecule has 0 bridgehead atoms. The Morgan fingerprint density at radius 3 is 2.57 bits per heavy atom. The SMILES string of the molecule is Clc1ccc(C(Br)c2nccs2)cc1. The van der Waals surface area contributed by atoms with E-state index >= 15 is 0 Å². The van der Waals surface area contributed by atoms with Gasteiger partial charge in [0.05, 0.1) is 4.83 Å². The summed E-state index contributed by atoms with van der Waals surface area (Å²) in [6.07, 6.45) is 1.81. The Kier molecular flexibility index (Phi) is 3.21. The third kappa shape index (κ3) is 2.16. The van der Waals surface area contributed by atoms with Gasteiger partial charge in [-0.05, 0) is 17.7 Å². The molecule has 1 atom stereocenters. The van der Waals surface area contributed by atoms with Gasteiger partial charge in [0.15, 0.2) is 0 Å². The van der Waals surface area contributed by atoms with Crippen molar-refractivity contribution in [2.24, 2.45) is 0 Å². The molecule has 2 rings (SSSR count). The van der Waals surface area contributed by atoms with Crippen molar-refractivity contribution in [2.45, 2.75) is 4.83 Å². The Bertz CT molecular complexity index is 399. The van der Waals surface area contributed by atoms with Gasteiger partial charge in [0.2, 0.25) is 0 Å². The van der Waals surface area contributed by atoms with Crippen LogP contribution in [0.5, 0.6) is 0 Å². The zero-order valence-corrected chi connectivity index (χ0v) is 10.3. The van der Waals surface area contributed by atoms with Gasteiger partial charge in [0.1, 0.15) is 5.01 Å². The second-order valence-electron chi connectivity index (χ2n) is 2.78. The summed E-state index contributed by atoms with van der Waals surface area (Å²) >= 11 is 11.1. The second kappa shape index (κ2) is 4.43. The predicted octanol–water partition coefficient (Wildman–Crippen LogP) is 4.28. The highest BCUT2D eigenvalue weighted by Gasteiger charge is 2.11. The molecule has 1 unspecified atom stereocenters. The molecule has 1 aromatic heterocycles. The second-order valence-corrected chi connectivity index (χ2v) is 5.06. The summed E-state index contributed by atoms with van der Waals surface area (Å²) in [7, 11) is 0. The molecule has 0 radical (unpaired) electrons. The van der Waals surface area contributed by atoms with Gasteiger partial charge < -0.3 is 0 Å². The van der Waals surface area contributed by atoms with Gasteiger partial charge in [-0.2, -0.15) is 0 Å². The molecule has 0 aliphatic rings. The van der Waals surface area contributed by atoms with E-state index in [4.69, 9.17) is 11.6 Å². The number of benzene rings is 1. The number of hydrogen-bond acceptors (Lipinski definition) is 2. The number of nitrogens with zero attached hydrogens (tertiary/aromatic N) is 1. The van der Waals surface area contributed by atoms with Gasteiger partial charge in [-0.15, -0.1) is 11.3 Å². The lowest BCUT2D eigenvalue weighted by Crippen LogP contribution is -1.90. The first kappa shape index (κ1) is 10.1. The molecule has 14 heavy (non-hydrogen) atoms. The molecule has 0 saturated heterocycles. The van der Waals surface area contributed by atoms with E-state index in [1.165, 1.54) is 5.56 Å². The molecular weight excluding hydrogens is 282 g/mol.